The lowest BCUT2D eigenvalue weighted by Gasteiger charge is -2.55. The Morgan fingerprint density at radius 2 is 1.34 bits per heavy atom. The smallest absolute Gasteiger partial charge is 0.317 e. The summed E-state index contributed by atoms with van der Waals surface area (Å²) in [6.45, 7) is 10.6. The Labute approximate surface area is 190 Å². The molecule has 2 aliphatic rings. The number of esters is 1. The summed E-state index contributed by atoms with van der Waals surface area (Å²) in [7, 11) is 0. The number of benzene rings is 3. The molecule has 5 rings (SSSR count). The molecule has 0 radical (unpaired) electrons. The highest BCUT2D eigenvalue weighted by molar-refractivity contribution is 5.86. The second-order valence-electron chi connectivity index (χ2n) is 10.2. The fraction of sp³-hybridized carbons (Fsp3) is 0.345. The van der Waals surface area contributed by atoms with Crippen molar-refractivity contribution >= 4 is 5.97 Å². The minimum Gasteiger partial charge on any atom is -0.487 e. The van der Waals surface area contributed by atoms with Gasteiger partial charge in [-0.2, -0.15) is 0 Å². The van der Waals surface area contributed by atoms with E-state index in [1.165, 1.54) is 22.3 Å². The first-order valence-corrected chi connectivity index (χ1v) is 11.3. The van der Waals surface area contributed by atoms with Gasteiger partial charge in [0.1, 0.15) is 23.4 Å². The molecule has 0 saturated heterocycles. The lowest BCUT2D eigenvalue weighted by atomic mass is 9.54. The van der Waals surface area contributed by atoms with E-state index >= 15 is 0 Å². The van der Waals surface area contributed by atoms with Crippen LogP contribution in [0, 0.1) is 5.41 Å². The number of hydrogen-bond donors (Lipinski definition) is 0. The Balaban J connectivity index is 1.51. The van der Waals surface area contributed by atoms with Crippen LogP contribution < -0.4 is 4.74 Å². The quantitative estimate of drug-likeness (QED) is 0.449. The van der Waals surface area contributed by atoms with Crippen LogP contribution in [0.25, 0.3) is 11.1 Å². The summed E-state index contributed by atoms with van der Waals surface area (Å²) in [6, 6.07) is 24.7. The molecule has 3 nitrogen and oxygen atoms in total. The van der Waals surface area contributed by atoms with Gasteiger partial charge in [-0.3, -0.25) is 4.79 Å². The van der Waals surface area contributed by atoms with Gasteiger partial charge in [-0.05, 0) is 49.1 Å². The third kappa shape index (κ3) is 2.70. The van der Waals surface area contributed by atoms with Crippen molar-refractivity contribution < 1.29 is 14.3 Å². The molecule has 1 unspecified atom stereocenters. The van der Waals surface area contributed by atoms with Crippen molar-refractivity contribution in [1.82, 2.24) is 0 Å². The Morgan fingerprint density at radius 1 is 0.812 bits per heavy atom. The van der Waals surface area contributed by atoms with Gasteiger partial charge in [0, 0.05) is 16.9 Å². The molecular formula is C29H30O3. The summed E-state index contributed by atoms with van der Waals surface area (Å²) in [5.74, 6) is 0.599. The normalized spacial score (nSPS) is 22.3. The van der Waals surface area contributed by atoms with Crippen LogP contribution in [-0.4, -0.2) is 18.2 Å². The van der Waals surface area contributed by atoms with E-state index in [1.807, 2.05) is 31.2 Å². The monoisotopic (exact) mass is 426 g/mol. The Kier molecular flexibility index (Phi) is 4.53. The summed E-state index contributed by atoms with van der Waals surface area (Å²) in [6.07, 6.45) is 0. The topological polar surface area (TPSA) is 35.5 Å². The molecule has 0 N–H and O–H groups in total. The first kappa shape index (κ1) is 20.8. The van der Waals surface area contributed by atoms with Gasteiger partial charge in [-0.1, -0.05) is 80.6 Å². The Bertz CT molecular complexity index is 1160. The SMILES string of the molecule is CC1(C)Oc2ccccc2C(C)(C(=O)OCC2c3ccccc3-c3ccccc32)C1(C)C. The third-order valence-corrected chi connectivity index (χ3v) is 8.30. The number of carbonyl (C=O) groups is 1. The van der Waals surface area contributed by atoms with Crippen LogP contribution in [0.1, 0.15) is 57.2 Å². The van der Waals surface area contributed by atoms with Crippen LogP contribution in [0.2, 0.25) is 0 Å². The van der Waals surface area contributed by atoms with Crippen LogP contribution in [0.15, 0.2) is 72.8 Å². The maximum atomic E-state index is 13.9. The number of para-hydroxylation sites is 1. The van der Waals surface area contributed by atoms with E-state index in [1.54, 1.807) is 0 Å². The standard InChI is InChI=1S/C29H30O3/c1-27(2)28(3,4)32-25-17-11-10-16-24(25)29(27,5)26(30)31-18-23-21-14-8-6-12-19(21)20-13-7-9-15-22(20)23/h6-17,23H,18H2,1-5H3. The highest BCUT2D eigenvalue weighted by Crippen LogP contribution is 2.57. The van der Waals surface area contributed by atoms with Crippen LogP contribution in [0.4, 0.5) is 0 Å². The molecular weight excluding hydrogens is 396 g/mol. The van der Waals surface area contributed by atoms with E-state index in [2.05, 4.69) is 76.2 Å². The molecule has 3 heteroatoms. The average molecular weight is 427 g/mol. The Hall–Kier alpha value is -3.07. The largest absolute Gasteiger partial charge is 0.487 e. The van der Waals surface area contributed by atoms with Gasteiger partial charge in [0.2, 0.25) is 0 Å². The fourth-order valence-electron chi connectivity index (χ4n) is 5.42. The number of ether oxygens (including phenoxy) is 2. The van der Waals surface area contributed by atoms with Crippen LogP contribution >= 0.6 is 0 Å². The van der Waals surface area contributed by atoms with E-state index in [4.69, 9.17) is 9.47 Å². The van der Waals surface area contributed by atoms with E-state index in [-0.39, 0.29) is 11.9 Å². The molecule has 32 heavy (non-hydrogen) atoms. The highest BCUT2D eigenvalue weighted by atomic mass is 16.5. The molecule has 3 aromatic rings. The van der Waals surface area contributed by atoms with Gasteiger partial charge in [-0.15, -0.1) is 0 Å². The zero-order valence-electron chi connectivity index (χ0n) is 19.4. The van der Waals surface area contributed by atoms with Gasteiger partial charge in [0.15, 0.2) is 0 Å². The third-order valence-electron chi connectivity index (χ3n) is 8.30. The summed E-state index contributed by atoms with van der Waals surface area (Å²) in [5.41, 5.74) is 3.92. The first-order chi connectivity index (χ1) is 15.2. The van der Waals surface area contributed by atoms with E-state index in [0.717, 1.165) is 11.3 Å². The molecule has 0 spiro atoms. The molecule has 1 atom stereocenters. The summed E-state index contributed by atoms with van der Waals surface area (Å²) >= 11 is 0. The molecule has 0 amide bonds. The van der Waals surface area contributed by atoms with E-state index in [9.17, 15) is 4.79 Å². The number of carbonyl (C=O) groups excluding carboxylic acids is 1. The van der Waals surface area contributed by atoms with Crippen LogP contribution in [-0.2, 0) is 14.9 Å². The highest BCUT2D eigenvalue weighted by Gasteiger charge is 2.62. The summed E-state index contributed by atoms with van der Waals surface area (Å²) < 4.78 is 12.5. The molecule has 0 saturated carbocycles. The first-order valence-electron chi connectivity index (χ1n) is 11.3. The number of rotatable bonds is 3. The number of fused-ring (bicyclic) bond motifs is 4. The zero-order chi connectivity index (χ0) is 22.7. The van der Waals surface area contributed by atoms with Gasteiger partial charge < -0.3 is 9.47 Å². The van der Waals surface area contributed by atoms with Gasteiger partial charge in [0.25, 0.3) is 0 Å². The lowest BCUT2D eigenvalue weighted by molar-refractivity contribution is -0.167. The van der Waals surface area contributed by atoms with E-state index < -0.39 is 16.4 Å². The number of hydrogen-bond acceptors (Lipinski definition) is 3. The van der Waals surface area contributed by atoms with Crippen molar-refractivity contribution in [3.63, 3.8) is 0 Å². The predicted molar refractivity (Wildman–Crippen MR) is 127 cm³/mol. The minimum absolute atomic E-state index is 0.0427. The summed E-state index contributed by atoms with van der Waals surface area (Å²) in [4.78, 5) is 13.9. The van der Waals surface area contributed by atoms with Gasteiger partial charge in [0.05, 0.1) is 0 Å². The van der Waals surface area contributed by atoms with Gasteiger partial charge >= 0.3 is 5.97 Å². The molecule has 0 bridgehead atoms. The second kappa shape index (κ2) is 6.96. The zero-order valence-corrected chi connectivity index (χ0v) is 19.4. The van der Waals surface area contributed by atoms with Crippen molar-refractivity contribution in [2.45, 2.75) is 51.6 Å². The van der Waals surface area contributed by atoms with Crippen molar-refractivity contribution in [2.75, 3.05) is 6.61 Å². The average Bonchev–Trinajstić information content (AvgIpc) is 3.10. The summed E-state index contributed by atoms with van der Waals surface area (Å²) in [5, 5.41) is 0. The molecule has 164 valence electrons. The second-order valence-corrected chi connectivity index (χ2v) is 10.2. The van der Waals surface area contributed by atoms with Crippen LogP contribution in [0.5, 0.6) is 5.75 Å². The van der Waals surface area contributed by atoms with Crippen molar-refractivity contribution in [1.29, 1.82) is 0 Å². The minimum atomic E-state index is -0.844. The Morgan fingerprint density at radius 3 is 1.97 bits per heavy atom. The van der Waals surface area contributed by atoms with Crippen molar-refractivity contribution in [3.8, 4) is 16.9 Å². The molecule has 1 heterocycles. The molecule has 3 aromatic carbocycles. The molecule has 0 aromatic heterocycles. The van der Waals surface area contributed by atoms with E-state index in [0.29, 0.717) is 6.61 Å². The molecule has 1 aliphatic carbocycles. The lowest BCUT2D eigenvalue weighted by Crippen LogP contribution is -2.62. The predicted octanol–water partition coefficient (Wildman–Crippen LogP) is 6.50. The fourth-order valence-corrected chi connectivity index (χ4v) is 5.42. The van der Waals surface area contributed by atoms with Crippen LogP contribution in [0.3, 0.4) is 0 Å². The molecule has 0 fully saturated rings. The van der Waals surface area contributed by atoms with Crippen molar-refractivity contribution in [2.24, 2.45) is 5.41 Å². The van der Waals surface area contributed by atoms with Crippen molar-refractivity contribution in [3.05, 3.63) is 89.5 Å². The maximum Gasteiger partial charge on any atom is 0.317 e. The van der Waals surface area contributed by atoms with Gasteiger partial charge in [-0.25, -0.2) is 0 Å². The molecule has 1 aliphatic heterocycles. The maximum absolute atomic E-state index is 13.9.